The standard InChI is InChI=1S/C14H12O3.C13H10O4/c1-9(15)10-7-8-13(14(16)17-2)12-6-4-3-5-11(10)12;1-17-13(16)11-7-6-10(12(14)15)8-4-2-3-5-9(8)11/h3-8H,1-2H3;2-7H,1H3,(H,14,15). The lowest BCUT2D eigenvalue weighted by molar-refractivity contribution is 0.0594. The normalized spacial score (nSPS) is 10.2. The Balaban J connectivity index is 0.000000191. The lowest BCUT2D eigenvalue weighted by Crippen LogP contribution is -2.05. The van der Waals surface area contributed by atoms with Crippen molar-refractivity contribution in [1.29, 1.82) is 0 Å². The van der Waals surface area contributed by atoms with Crippen LogP contribution in [0.2, 0.25) is 0 Å². The molecule has 0 unspecified atom stereocenters. The summed E-state index contributed by atoms with van der Waals surface area (Å²) in [5.41, 5.74) is 1.64. The summed E-state index contributed by atoms with van der Waals surface area (Å²) in [6.45, 7) is 1.51. The molecule has 0 atom stereocenters. The number of esters is 2. The quantitative estimate of drug-likeness (QED) is 0.333. The Hall–Kier alpha value is -4.52. The molecule has 0 aliphatic carbocycles. The van der Waals surface area contributed by atoms with Gasteiger partial charge in [-0.05, 0) is 52.7 Å². The molecular weight excluding hydrogens is 436 g/mol. The second-order valence-corrected chi connectivity index (χ2v) is 7.26. The van der Waals surface area contributed by atoms with E-state index in [9.17, 15) is 19.2 Å². The van der Waals surface area contributed by atoms with Crippen LogP contribution in [0, 0.1) is 0 Å². The van der Waals surface area contributed by atoms with Gasteiger partial charge in [-0.25, -0.2) is 14.4 Å². The number of carbonyl (C=O) groups is 4. The zero-order valence-corrected chi connectivity index (χ0v) is 18.8. The molecule has 34 heavy (non-hydrogen) atoms. The molecule has 0 fully saturated rings. The van der Waals surface area contributed by atoms with Crippen LogP contribution in [0.15, 0.2) is 72.8 Å². The van der Waals surface area contributed by atoms with Crippen LogP contribution < -0.4 is 0 Å². The summed E-state index contributed by atoms with van der Waals surface area (Å²) >= 11 is 0. The number of ketones is 1. The Morgan fingerprint density at radius 2 is 0.882 bits per heavy atom. The van der Waals surface area contributed by atoms with E-state index in [1.807, 2.05) is 24.3 Å². The molecule has 0 aliphatic rings. The minimum absolute atomic E-state index is 0.0161. The van der Waals surface area contributed by atoms with Crippen LogP contribution in [-0.2, 0) is 9.47 Å². The Labute approximate surface area is 195 Å². The second-order valence-electron chi connectivity index (χ2n) is 7.26. The van der Waals surface area contributed by atoms with Crippen LogP contribution >= 0.6 is 0 Å². The summed E-state index contributed by atoms with van der Waals surface area (Å²) in [5, 5.41) is 11.7. The van der Waals surface area contributed by atoms with Crippen molar-refractivity contribution in [3.8, 4) is 0 Å². The Bertz CT molecular complexity index is 1310. The van der Waals surface area contributed by atoms with Crippen LogP contribution in [0.3, 0.4) is 0 Å². The molecule has 0 heterocycles. The predicted octanol–water partition coefficient (Wildman–Crippen LogP) is 5.15. The van der Waals surface area contributed by atoms with E-state index in [4.69, 9.17) is 9.84 Å². The monoisotopic (exact) mass is 458 g/mol. The first-order valence-corrected chi connectivity index (χ1v) is 10.2. The van der Waals surface area contributed by atoms with Gasteiger partial charge in [0.15, 0.2) is 5.78 Å². The number of ether oxygens (including phenoxy) is 2. The fourth-order valence-corrected chi connectivity index (χ4v) is 3.67. The number of fused-ring (bicyclic) bond motifs is 2. The Morgan fingerprint density at radius 3 is 1.24 bits per heavy atom. The van der Waals surface area contributed by atoms with Gasteiger partial charge >= 0.3 is 17.9 Å². The van der Waals surface area contributed by atoms with E-state index in [-0.39, 0.29) is 11.3 Å². The molecule has 172 valence electrons. The molecule has 0 amide bonds. The maximum Gasteiger partial charge on any atom is 0.338 e. The van der Waals surface area contributed by atoms with Gasteiger partial charge in [-0.1, -0.05) is 48.5 Å². The number of rotatable bonds is 4. The molecule has 0 spiro atoms. The molecule has 0 radical (unpaired) electrons. The van der Waals surface area contributed by atoms with Crippen molar-refractivity contribution >= 4 is 45.2 Å². The van der Waals surface area contributed by atoms with Crippen molar-refractivity contribution in [2.45, 2.75) is 6.92 Å². The summed E-state index contributed by atoms with van der Waals surface area (Å²) in [7, 11) is 2.64. The molecule has 0 aromatic heterocycles. The van der Waals surface area contributed by atoms with E-state index >= 15 is 0 Å². The number of aromatic carboxylic acids is 1. The zero-order valence-electron chi connectivity index (χ0n) is 18.8. The van der Waals surface area contributed by atoms with Gasteiger partial charge < -0.3 is 14.6 Å². The predicted molar refractivity (Wildman–Crippen MR) is 128 cm³/mol. The lowest BCUT2D eigenvalue weighted by atomic mass is 9.98. The van der Waals surface area contributed by atoms with E-state index in [0.717, 1.165) is 10.8 Å². The smallest absolute Gasteiger partial charge is 0.338 e. The van der Waals surface area contributed by atoms with E-state index in [2.05, 4.69) is 4.74 Å². The molecule has 7 nitrogen and oxygen atoms in total. The fraction of sp³-hybridized carbons (Fsp3) is 0.111. The third-order valence-electron chi connectivity index (χ3n) is 5.27. The van der Waals surface area contributed by atoms with Crippen molar-refractivity contribution in [3.63, 3.8) is 0 Å². The minimum atomic E-state index is -1.02. The minimum Gasteiger partial charge on any atom is -0.478 e. The molecule has 0 aliphatic heterocycles. The van der Waals surface area contributed by atoms with Gasteiger partial charge in [-0.2, -0.15) is 0 Å². The van der Waals surface area contributed by atoms with Crippen LogP contribution in [0.5, 0.6) is 0 Å². The summed E-state index contributed by atoms with van der Waals surface area (Å²) in [5.74, 6) is -1.90. The SMILES string of the molecule is COC(=O)c1ccc(C(=O)O)c2ccccc12.COC(=O)c1ccc(C(C)=O)c2ccccc12. The van der Waals surface area contributed by atoms with E-state index in [1.165, 1.54) is 33.3 Å². The van der Waals surface area contributed by atoms with Crippen LogP contribution in [0.1, 0.15) is 48.4 Å². The van der Waals surface area contributed by atoms with Gasteiger partial charge in [-0.15, -0.1) is 0 Å². The van der Waals surface area contributed by atoms with Gasteiger partial charge in [-0.3, -0.25) is 4.79 Å². The van der Waals surface area contributed by atoms with Crippen molar-refractivity contribution in [3.05, 3.63) is 95.1 Å². The highest BCUT2D eigenvalue weighted by Crippen LogP contribution is 2.24. The van der Waals surface area contributed by atoms with Gasteiger partial charge in [0, 0.05) is 5.56 Å². The van der Waals surface area contributed by atoms with Gasteiger partial charge in [0.05, 0.1) is 30.9 Å². The van der Waals surface area contributed by atoms with Crippen LogP contribution in [-0.4, -0.2) is 43.0 Å². The largest absolute Gasteiger partial charge is 0.478 e. The van der Waals surface area contributed by atoms with Gasteiger partial charge in [0.2, 0.25) is 0 Å². The van der Waals surface area contributed by atoms with Crippen molar-refractivity contribution < 1.29 is 33.8 Å². The molecule has 0 saturated heterocycles. The van der Waals surface area contributed by atoms with Gasteiger partial charge in [0.25, 0.3) is 0 Å². The number of hydrogen-bond acceptors (Lipinski definition) is 6. The second kappa shape index (κ2) is 10.4. The number of carbonyl (C=O) groups excluding carboxylic acids is 3. The van der Waals surface area contributed by atoms with E-state index in [0.29, 0.717) is 27.5 Å². The first kappa shape index (κ1) is 24.1. The first-order valence-electron chi connectivity index (χ1n) is 10.2. The fourth-order valence-electron chi connectivity index (χ4n) is 3.67. The summed E-state index contributed by atoms with van der Waals surface area (Å²) in [6.07, 6.45) is 0. The van der Waals surface area contributed by atoms with Crippen molar-refractivity contribution in [2.75, 3.05) is 14.2 Å². The molecule has 4 aromatic rings. The molecule has 4 aromatic carbocycles. The summed E-state index contributed by atoms with van der Waals surface area (Å²) in [6, 6.07) is 20.4. The average molecular weight is 458 g/mol. The third kappa shape index (κ3) is 4.78. The van der Waals surface area contributed by atoms with Crippen LogP contribution in [0.25, 0.3) is 21.5 Å². The molecule has 0 saturated carbocycles. The highest BCUT2D eigenvalue weighted by Gasteiger charge is 2.15. The summed E-state index contributed by atoms with van der Waals surface area (Å²) in [4.78, 5) is 45.7. The molecular formula is C27H22O7. The molecule has 1 N–H and O–H groups in total. The number of benzene rings is 4. The maximum absolute atomic E-state index is 11.6. The molecule has 7 heteroatoms. The maximum atomic E-state index is 11.6. The first-order chi connectivity index (χ1) is 16.3. The summed E-state index contributed by atoms with van der Waals surface area (Å²) < 4.78 is 9.38. The third-order valence-corrected chi connectivity index (χ3v) is 5.27. The highest BCUT2D eigenvalue weighted by molar-refractivity contribution is 6.13. The zero-order chi connectivity index (χ0) is 24.8. The number of carboxylic acids is 1. The number of Topliss-reactive ketones (excluding diaryl/α,β-unsaturated/α-hetero) is 1. The Morgan fingerprint density at radius 1 is 0.559 bits per heavy atom. The van der Waals surface area contributed by atoms with Crippen LogP contribution in [0.4, 0.5) is 0 Å². The lowest BCUT2D eigenvalue weighted by Gasteiger charge is -2.07. The average Bonchev–Trinajstić information content (AvgIpc) is 2.86. The van der Waals surface area contributed by atoms with Crippen molar-refractivity contribution in [1.82, 2.24) is 0 Å². The molecule has 4 rings (SSSR count). The number of methoxy groups -OCH3 is 2. The Kier molecular flexibility index (Phi) is 7.38. The van der Waals surface area contributed by atoms with Gasteiger partial charge in [0.1, 0.15) is 0 Å². The van der Waals surface area contributed by atoms with Crippen molar-refractivity contribution in [2.24, 2.45) is 0 Å². The number of carboxylic acid groups (broad SMARTS) is 1. The highest BCUT2D eigenvalue weighted by atomic mass is 16.5. The molecule has 0 bridgehead atoms. The van der Waals surface area contributed by atoms with E-state index in [1.54, 1.807) is 36.4 Å². The van der Waals surface area contributed by atoms with E-state index < -0.39 is 17.9 Å². The number of hydrogen-bond donors (Lipinski definition) is 1. The topological polar surface area (TPSA) is 107 Å².